The van der Waals surface area contributed by atoms with Crippen molar-refractivity contribution >= 4 is 0 Å². The lowest BCUT2D eigenvalue weighted by Crippen LogP contribution is -2.22. The summed E-state index contributed by atoms with van der Waals surface area (Å²) in [5.41, 5.74) is 11.9. The lowest BCUT2D eigenvalue weighted by atomic mass is 9.73. The Morgan fingerprint density at radius 2 is 1.24 bits per heavy atom. The average molecular weight is 242 g/mol. The smallest absolute Gasteiger partial charge is 0.00771 e. The summed E-state index contributed by atoms with van der Waals surface area (Å²) < 4.78 is 0. The zero-order valence-corrected chi connectivity index (χ0v) is 12.1. The predicted octanol–water partition coefficient (Wildman–Crippen LogP) is 3.83. The van der Waals surface area contributed by atoms with E-state index in [1.165, 1.54) is 64.2 Å². The first-order valence-corrected chi connectivity index (χ1v) is 7.64. The van der Waals surface area contributed by atoms with Gasteiger partial charge in [0.25, 0.3) is 0 Å². The molecule has 104 valence electrons. The molecule has 0 amide bonds. The highest BCUT2D eigenvalue weighted by atomic mass is 14.5. The summed E-state index contributed by atoms with van der Waals surface area (Å²) >= 11 is 0. The Kier molecular flexibility index (Phi) is 11.0. The highest BCUT2D eigenvalue weighted by Crippen LogP contribution is 2.38. The summed E-state index contributed by atoms with van der Waals surface area (Å²) in [4.78, 5) is 0. The summed E-state index contributed by atoms with van der Waals surface area (Å²) in [7, 11) is 0. The van der Waals surface area contributed by atoms with Crippen molar-refractivity contribution in [1.82, 2.24) is 0 Å². The lowest BCUT2D eigenvalue weighted by Gasteiger charge is -2.33. The molecule has 4 N–H and O–H groups in total. The largest absolute Gasteiger partial charge is 0.330 e. The molecule has 0 aromatic rings. The lowest BCUT2D eigenvalue weighted by molar-refractivity contribution is 0.193. The van der Waals surface area contributed by atoms with Crippen LogP contribution in [0.4, 0.5) is 0 Å². The summed E-state index contributed by atoms with van der Waals surface area (Å²) in [5.74, 6) is 0. The molecule has 0 saturated carbocycles. The second-order valence-corrected chi connectivity index (χ2v) is 5.45. The van der Waals surface area contributed by atoms with Gasteiger partial charge in [-0.2, -0.15) is 0 Å². The number of nitrogens with two attached hydrogens (primary N) is 2. The van der Waals surface area contributed by atoms with Crippen LogP contribution in [-0.2, 0) is 0 Å². The topological polar surface area (TPSA) is 52.0 Å². The van der Waals surface area contributed by atoms with Crippen molar-refractivity contribution < 1.29 is 0 Å². The Morgan fingerprint density at radius 3 is 1.65 bits per heavy atom. The molecule has 0 rings (SSSR count). The second kappa shape index (κ2) is 11.0. The monoisotopic (exact) mass is 242 g/mol. The van der Waals surface area contributed by atoms with Gasteiger partial charge in [0.05, 0.1) is 0 Å². The van der Waals surface area contributed by atoms with E-state index in [2.05, 4.69) is 13.8 Å². The van der Waals surface area contributed by atoms with Gasteiger partial charge in [0.1, 0.15) is 0 Å². The van der Waals surface area contributed by atoms with E-state index in [9.17, 15) is 0 Å². The minimum atomic E-state index is 0.534. The molecule has 0 atom stereocenters. The number of hydrogen-bond donors (Lipinski definition) is 2. The molecule has 2 nitrogen and oxygen atoms in total. The molecule has 0 saturated heterocycles. The van der Waals surface area contributed by atoms with Crippen molar-refractivity contribution in [3.05, 3.63) is 0 Å². The second-order valence-electron chi connectivity index (χ2n) is 5.45. The Labute approximate surface area is 109 Å². The van der Waals surface area contributed by atoms with Gasteiger partial charge in [0.15, 0.2) is 0 Å². The molecule has 0 spiro atoms. The molecule has 0 aliphatic heterocycles. The number of hydrogen-bond acceptors (Lipinski definition) is 2. The molecule has 0 aromatic heterocycles. The van der Waals surface area contributed by atoms with Crippen molar-refractivity contribution in [2.45, 2.75) is 78.1 Å². The van der Waals surface area contributed by atoms with Crippen LogP contribution in [0.25, 0.3) is 0 Å². The molecule has 0 fully saturated rings. The maximum Gasteiger partial charge on any atom is -0.00771 e. The van der Waals surface area contributed by atoms with Gasteiger partial charge in [-0.1, -0.05) is 46.0 Å². The summed E-state index contributed by atoms with van der Waals surface area (Å²) in [5, 5.41) is 0. The number of unbranched alkanes of at least 4 members (excludes halogenated alkanes) is 3. The fourth-order valence-electron chi connectivity index (χ4n) is 2.79. The first-order chi connectivity index (χ1) is 8.24. The standard InChI is InChI=1S/C15H34N2/c1-3-5-6-7-10-15(4-2,11-8-13-16)12-9-14-17/h3-14,16-17H2,1-2H3. The van der Waals surface area contributed by atoms with E-state index in [1.54, 1.807) is 0 Å². The van der Waals surface area contributed by atoms with Crippen LogP contribution in [0.15, 0.2) is 0 Å². The molecule has 0 aromatic carbocycles. The third kappa shape index (κ3) is 7.77. The number of rotatable bonds is 12. The third-order valence-corrected chi connectivity index (χ3v) is 4.13. The van der Waals surface area contributed by atoms with Gasteiger partial charge >= 0.3 is 0 Å². The van der Waals surface area contributed by atoms with Gasteiger partial charge in [0, 0.05) is 0 Å². The van der Waals surface area contributed by atoms with E-state index < -0.39 is 0 Å². The summed E-state index contributed by atoms with van der Waals surface area (Å²) in [6, 6.07) is 0. The van der Waals surface area contributed by atoms with Crippen LogP contribution in [-0.4, -0.2) is 13.1 Å². The van der Waals surface area contributed by atoms with Crippen LogP contribution in [0.2, 0.25) is 0 Å². The van der Waals surface area contributed by atoms with E-state index >= 15 is 0 Å². The van der Waals surface area contributed by atoms with E-state index in [4.69, 9.17) is 11.5 Å². The van der Waals surface area contributed by atoms with E-state index in [1.807, 2.05) is 0 Å². The van der Waals surface area contributed by atoms with Gasteiger partial charge < -0.3 is 11.5 Å². The molecule has 0 aliphatic carbocycles. The Bertz CT molecular complexity index is 149. The van der Waals surface area contributed by atoms with Crippen molar-refractivity contribution in [3.8, 4) is 0 Å². The predicted molar refractivity (Wildman–Crippen MR) is 78.1 cm³/mol. The quantitative estimate of drug-likeness (QED) is 0.511. The van der Waals surface area contributed by atoms with Crippen LogP contribution in [0.3, 0.4) is 0 Å². The van der Waals surface area contributed by atoms with Gasteiger partial charge in [-0.15, -0.1) is 0 Å². The SMILES string of the molecule is CCCCCCC(CC)(CCCN)CCCN. The summed E-state index contributed by atoms with van der Waals surface area (Å²) in [6.45, 7) is 6.28. The molecule has 2 heteroatoms. The minimum absolute atomic E-state index is 0.534. The van der Waals surface area contributed by atoms with E-state index in [0.717, 1.165) is 13.1 Å². The Morgan fingerprint density at radius 1 is 0.706 bits per heavy atom. The van der Waals surface area contributed by atoms with Gasteiger partial charge in [-0.3, -0.25) is 0 Å². The van der Waals surface area contributed by atoms with E-state index in [0.29, 0.717) is 5.41 Å². The summed E-state index contributed by atoms with van der Waals surface area (Å²) in [6.07, 6.45) is 13.1. The fourth-order valence-corrected chi connectivity index (χ4v) is 2.79. The van der Waals surface area contributed by atoms with Crippen LogP contribution in [0.5, 0.6) is 0 Å². The van der Waals surface area contributed by atoms with Crippen LogP contribution in [0, 0.1) is 5.41 Å². The molecular weight excluding hydrogens is 208 g/mol. The van der Waals surface area contributed by atoms with Crippen molar-refractivity contribution in [1.29, 1.82) is 0 Å². The average Bonchev–Trinajstić information content (AvgIpc) is 2.37. The molecule has 0 aliphatic rings. The van der Waals surface area contributed by atoms with Crippen LogP contribution >= 0.6 is 0 Å². The molecule has 0 bridgehead atoms. The van der Waals surface area contributed by atoms with E-state index in [-0.39, 0.29) is 0 Å². The third-order valence-electron chi connectivity index (χ3n) is 4.13. The Balaban J connectivity index is 4.12. The zero-order chi connectivity index (χ0) is 13.0. The molecule has 0 radical (unpaired) electrons. The zero-order valence-electron chi connectivity index (χ0n) is 12.1. The maximum atomic E-state index is 5.67. The first-order valence-electron chi connectivity index (χ1n) is 7.64. The van der Waals surface area contributed by atoms with Crippen molar-refractivity contribution in [2.75, 3.05) is 13.1 Å². The van der Waals surface area contributed by atoms with Crippen LogP contribution < -0.4 is 11.5 Å². The fraction of sp³-hybridized carbons (Fsp3) is 1.00. The Hall–Kier alpha value is -0.0800. The maximum absolute atomic E-state index is 5.67. The molecule has 0 heterocycles. The molecule has 0 unspecified atom stereocenters. The van der Waals surface area contributed by atoms with Crippen molar-refractivity contribution in [2.24, 2.45) is 16.9 Å². The highest BCUT2D eigenvalue weighted by molar-refractivity contribution is 4.78. The van der Waals surface area contributed by atoms with Crippen LogP contribution in [0.1, 0.15) is 78.1 Å². The molecular formula is C15H34N2. The molecule has 17 heavy (non-hydrogen) atoms. The van der Waals surface area contributed by atoms with Crippen molar-refractivity contribution in [3.63, 3.8) is 0 Å². The highest BCUT2D eigenvalue weighted by Gasteiger charge is 2.26. The van der Waals surface area contributed by atoms with Gasteiger partial charge in [-0.25, -0.2) is 0 Å². The first kappa shape index (κ1) is 16.9. The minimum Gasteiger partial charge on any atom is -0.330 e. The van der Waals surface area contributed by atoms with Gasteiger partial charge in [0.2, 0.25) is 0 Å². The van der Waals surface area contributed by atoms with Gasteiger partial charge in [-0.05, 0) is 50.6 Å². The normalized spacial score (nSPS) is 12.0.